The zero-order valence-electron chi connectivity index (χ0n) is 15.1. The van der Waals surface area contributed by atoms with Crippen molar-refractivity contribution >= 4 is 6.21 Å². The number of hydrogen-bond acceptors (Lipinski definition) is 3. The summed E-state index contributed by atoms with van der Waals surface area (Å²) < 4.78 is 0. The second kappa shape index (κ2) is 17.4. The predicted octanol–water partition coefficient (Wildman–Crippen LogP) is 4.62. The number of hydrogen-bond donors (Lipinski definition) is 2. The first-order chi connectivity index (χ1) is 10.2. The van der Waals surface area contributed by atoms with E-state index in [-0.39, 0.29) is 0 Å². The number of nitrogens with zero attached hydrogens (tertiary/aromatic N) is 1. The molecule has 126 valence electrons. The molecule has 0 bridgehead atoms. The second-order valence-electron chi connectivity index (χ2n) is 5.29. The van der Waals surface area contributed by atoms with Crippen molar-refractivity contribution in [2.75, 3.05) is 19.6 Å². The summed E-state index contributed by atoms with van der Waals surface area (Å²) in [6.07, 6.45) is 11.3. The molecule has 0 saturated carbocycles. The normalized spacial score (nSPS) is 19.0. The summed E-state index contributed by atoms with van der Waals surface area (Å²) in [5.74, 6) is 0. The molecule has 0 aromatic heterocycles. The molecule has 1 saturated heterocycles. The Labute approximate surface area is 133 Å². The van der Waals surface area contributed by atoms with Gasteiger partial charge < -0.3 is 16.0 Å². The van der Waals surface area contributed by atoms with Crippen LogP contribution in [0.25, 0.3) is 0 Å². The lowest BCUT2D eigenvalue weighted by Gasteiger charge is -2.35. The Morgan fingerprint density at radius 2 is 2.00 bits per heavy atom. The molecule has 0 radical (unpaired) electrons. The topological polar surface area (TPSA) is 53.1 Å². The molecule has 0 amide bonds. The molecule has 1 rings (SSSR count). The summed E-state index contributed by atoms with van der Waals surface area (Å²) in [7, 11) is 0. The van der Waals surface area contributed by atoms with Crippen LogP contribution in [0.2, 0.25) is 0 Å². The van der Waals surface area contributed by atoms with E-state index in [1.165, 1.54) is 57.8 Å². The summed E-state index contributed by atoms with van der Waals surface area (Å²) in [6.45, 7) is 13.5. The molecule has 3 nitrogen and oxygen atoms in total. The molecule has 0 aromatic carbocycles. The molecule has 0 aromatic rings. The maximum absolute atomic E-state index is 6.62. The van der Waals surface area contributed by atoms with Gasteiger partial charge in [0.2, 0.25) is 0 Å². The second-order valence-corrected chi connectivity index (χ2v) is 5.29. The highest BCUT2D eigenvalue weighted by atomic mass is 15.2. The average Bonchev–Trinajstić information content (AvgIpc) is 2.56. The monoisotopic (exact) mass is 297 g/mol. The third-order valence-electron chi connectivity index (χ3n) is 3.73. The van der Waals surface area contributed by atoms with Crippen LogP contribution in [0, 0.1) is 5.41 Å². The van der Waals surface area contributed by atoms with E-state index >= 15 is 0 Å². The zero-order chi connectivity index (χ0) is 16.5. The molecular weight excluding hydrogens is 258 g/mol. The molecule has 1 heterocycles. The number of unbranched alkanes of at least 4 members (excludes halogenated alkanes) is 1. The number of nitrogens with one attached hydrogen (secondary N) is 1. The van der Waals surface area contributed by atoms with Crippen molar-refractivity contribution in [3.8, 4) is 0 Å². The van der Waals surface area contributed by atoms with E-state index in [9.17, 15) is 0 Å². The van der Waals surface area contributed by atoms with Crippen LogP contribution in [0.4, 0.5) is 0 Å². The molecular formula is C18H39N3. The van der Waals surface area contributed by atoms with Crippen LogP contribution in [0.15, 0.2) is 11.6 Å². The Bertz CT molecular complexity index is 247. The van der Waals surface area contributed by atoms with Gasteiger partial charge in [-0.1, -0.05) is 39.7 Å². The Balaban J connectivity index is 0. The van der Waals surface area contributed by atoms with Gasteiger partial charge >= 0.3 is 0 Å². The maximum atomic E-state index is 6.62. The summed E-state index contributed by atoms with van der Waals surface area (Å²) >= 11 is 0. The van der Waals surface area contributed by atoms with Crippen molar-refractivity contribution in [2.45, 2.75) is 79.2 Å². The Hall–Kier alpha value is -0.670. The molecule has 1 aliphatic rings. The fourth-order valence-electron chi connectivity index (χ4n) is 2.32. The number of piperidine rings is 1. The van der Waals surface area contributed by atoms with E-state index in [1.54, 1.807) is 0 Å². The first-order valence-electron chi connectivity index (χ1n) is 8.77. The Kier molecular flexibility index (Phi) is 18.7. The summed E-state index contributed by atoms with van der Waals surface area (Å²) in [6, 6.07) is 0.797. The van der Waals surface area contributed by atoms with Crippen molar-refractivity contribution in [3.63, 3.8) is 0 Å². The lowest BCUT2D eigenvalue weighted by molar-refractivity contribution is 0.140. The zero-order valence-corrected chi connectivity index (χ0v) is 15.1. The fraction of sp³-hybridized carbons (Fsp3) is 0.833. The van der Waals surface area contributed by atoms with E-state index in [0.29, 0.717) is 0 Å². The van der Waals surface area contributed by atoms with E-state index in [2.05, 4.69) is 11.8 Å². The van der Waals surface area contributed by atoms with Crippen LogP contribution >= 0.6 is 0 Å². The SMILES string of the molecule is C/C=C(/C)C=N.CC.CCCCN1CCCCC1CCN. The minimum Gasteiger partial charge on any atom is -0.330 e. The third kappa shape index (κ3) is 12.8. The van der Waals surface area contributed by atoms with E-state index in [0.717, 1.165) is 18.2 Å². The van der Waals surface area contributed by atoms with Crippen molar-refractivity contribution in [1.82, 2.24) is 4.90 Å². The highest BCUT2D eigenvalue weighted by Crippen LogP contribution is 2.19. The summed E-state index contributed by atoms with van der Waals surface area (Å²) in [4.78, 5) is 2.65. The minimum atomic E-state index is 0.797. The predicted molar refractivity (Wildman–Crippen MR) is 97.4 cm³/mol. The first kappa shape index (κ1) is 22.6. The van der Waals surface area contributed by atoms with Gasteiger partial charge in [0.25, 0.3) is 0 Å². The van der Waals surface area contributed by atoms with Crippen LogP contribution in [-0.2, 0) is 0 Å². The summed E-state index contributed by atoms with van der Waals surface area (Å²) in [5, 5.41) is 6.62. The lowest BCUT2D eigenvalue weighted by atomic mass is 9.99. The number of rotatable bonds is 6. The van der Waals surface area contributed by atoms with Crippen LogP contribution in [-0.4, -0.2) is 36.8 Å². The molecule has 3 heteroatoms. The van der Waals surface area contributed by atoms with Gasteiger partial charge in [-0.25, -0.2) is 0 Å². The van der Waals surface area contributed by atoms with Gasteiger partial charge in [0, 0.05) is 12.3 Å². The smallest absolute Gasteiger partial charge is 0.0203 e. The highest BCUT2D eigenvalue weighted by molar-refractivity contribution is 5.74. The lowest BCUT2D eigenvalue weighted by Crippen LogP contribution is -2.41. The van der Waals surface area contributed by atoms with Crippen LogP contribution in [0.5, 0.6) is 0 Å². The molecule has 1 unspecified atom stereocenters. The van der Waals surface area contributed by atoms with Gasteiger partial charge in [-0.3, -0.25) is 0 Å². The molecule has 1 atom stereocenters. The largest absolute Gasteiger partial charge is 0.330 e. The van der Waals surface area contributed by atoms with Gasteiger partial charge in [-0.2, -0.15) is 0 Å². The molecule has 0 spiro atoms. The average molecular weight is 298 g/mol. The van der Waals surface area contributed by atoms with Crippen LogP contribution < -0.4 is 5.73 Å². The highest BCUT2D eigenvalue weighted by Gasteiger charge is 2.20. The first-order valence-corrected chi connectivity index (χ1v) is 8.77. The van der Waals surface area contributed by atoms with Gasteiger partial charge in [-0.05, 0) is 64.7 Å². The van der Waals surface area contributed by atoms with Crippen LogP contribution in [0.1, 0.15) is 73.1 Å². The van der Waals surface area contributed by atoms with Crippen molar-refractivity contribution in [3.05, 3.63) is 11.6 Å². The minimum absolute atomic E-state index is 0.797. The molecule has 1 fully saturated rings. The third-order valence-corrected chi connectivity index (χ3v) is 3.73. The molecule has 1 aliphatic heterocycles. The van der Waals surface area contributed by atoms with Gasteiger partial charge in [-0.15, -0.1) is 0 Å². The summed E-state index contributed by atoms with van der Waals surface area (Å²) in [5.41, 5.74) is 6.63. The molecule has 21 heavy (non-hydrogen) atoms. The van der Waals surface area contributed by atoms with Crippen molar-refractivity contribution < 1.29 is 0 Å². The van der Waals surface area contributed by atoms with Crippen molar-refractivity contribution in [2.24, 2.45) is 5.73 Å². The number of likely N-dealkylation sites (tertiary alicyclic amines) is 1. The number of allylic oxidation sites excluding steroid dienone is 2. The number of nitrogens with two attached hydrogens (primary N) is 1. The standard InChI is InChI=1S/C11H24N2.C5H9N.C2H6/c1-2-3-9-13-10-5-4-6-11(13)7-8-12;1-3-5(2)4-6;1-2/h11H,2-10,12H2,1H3;3-4,6H,1-2H3;1-2H3/b;5-3-,6-4?;. The van der Waals surface area contributed by atoms with E-state index in [4.69, 9.17) is 11.1 Å². The fourth-order valence-corrected chi connectivity index (χ4v) is 2.32. The van der Waals surface area contributed by atoms with Gasteiger partial charge in [0.1, 0.15) is 0 Å². The van der Waals surface area contributed by atoms with Crippen LogP contribution in [0.3, 0.4) is 0 Å². The molecule has 0 aliphatic carbocycles. The van der Waals surface area contributed by atoms with Crippen molar-refractivity contribution in [1.29, 1.82) is 5.41 Å². The van der Waals surface area contributed by atoms with Gasteiger partial charge in [0.15, 0.2) is 0 Å². The molecule has 3 N–H and O–H groups in total. The Morgan fingerprint density at radius 3 is 2.43 bits per heavy atom. The quantitative estimate of drug-likeness (QED) is 0.703. The van der Waals surface area contributed by atoms with Gasteiger partial charge in [0.05, 0.1) is 0 Å². The Morgan fingerprint density at radius 1 is 1.33 bits per heavy atom. The van der Waals surface area contributed by atoms with E-state index in [1.807, 2.05) is 33.8 Å². The maximum Gasteiger partial charge on any atom is 0.0203 e. The van der Waals surface area contributed by atoms with E-state index < -0.39 is 0 Å².